The molecule has 4 rings (SSSR count). The van der Waals surface area contributed by atoms with Crippen LogP contribution in [0.25, 0.3) is 0 Å². The number of carbonyl (C=O) groups is 2. The first-order valence-electron chi connectivity index (χ1n) is 21.2. The van der Waals surface area contributed by atoms with Gasteiger partial charge in [-0.25, -0.2) is 0 Å². The van der Waals surface area contributed by atoms with E-state index in [4.69, 9.17) is 27.9 Å². The Labute approximate surface area is 341 Å². The van der Waals surface area contributed by atoms with Crippen molar-refractivity contribution in [3.8, 4) is 11.5 Å². The van der Waals surface area contributed by atoms with E-state index in [9.17, 15) is 19.8 Å². The quantitative estimate of drug-likeness (QED) is 0.102. The second kappa shape index (κ2) is 24.9. The number of aromatic hydroxyl groups is 2. The molecule has 0 unspecified atom stereocenters. The monoisotopic (exact) mass is 802 g/mol. The number of hydrogen-bond acceptors (Lipinski definition) is 7. The highest BCUT2D eigenvalue weighted by Crippen LogP contribution is 2.26. The molecule has 0 aliphatic carbocycles. The number of nitrogens with zero attached hydrogens (tertiary/aromatic N) is 4. The smallest absolute Gasteiger partial charge is 0.253 e. The molecule has 2 fully saturated rings. The molecule has 55 heavy (non-hydrogen) atoms. The summed E-state index contributed by atoms with van der Waals surface area (Å²) in [5, 5.41) is 20.1. The van der Waals surface area contributed by atoms with Crippen molar-refractivity contribution in [1.82, 2.24) is 19.6 Å². The second-order valence-electron chi connectivity index (χ2n) is 16.0. The zero-order valence-electron chi connectivity index (χ0n) is 33.7. The Balaban J connectivity index is 0.902. The number of halogens is 2. The number of carbonyl (C=O) groups excluding carboxylic acids is 2. The third-order valence-corrected chi connectivity index (χ3v) is 12.1. The highest BCUT2D eigenvalue weighted by molar-refractivity contribution is 6.32. The van der Waals surface area contributed by atoms with Crippen LogP contribution in [0.2, 0.25) is 10.0 Å². The molecule has 2 aromatic rings. The van der Waals surface area contributed by atoms with E-state index in [1.54, 1.807) is 34.1 Å². The van der Waals surface area contributed by atoms with Gasteiger partial charge in [0.05, 0.1) is 22.3 Å². The average molecular weight is 804 g/mol. The van der Waals surface area contributed by atoms with Crippen molar-refractivity contribution in [3.63, 3.8) is 0 Å². The molecule has 9 nitrogen and oxygen atoms in total. The average Bonchev–Trinajstić information content (AvgIpc) is 3.19. The lowest BCUT2D eigenvalue weighted by Gasteiger charge is -2.37. The van der Waals surface area contributed by atoms with E-state index in [0.29, 0.717) is 23.3 Å². The summed E-state index contributed by atoms with van der Waals surface area (Å²) < 4.78 is 6.60. The maximum Gasteiger partial charge on any atom is 0.253 e. The van der Waals surface area contributed by atoms with Gasteiger partial charge in [-0.05, 0) is 101 Å². The molecule has 2 N–H and O–H groups in total. The van der Waals surface area contributed by atoms with Crippen molar-refractivity contribution in [1.29, 1.82) is 0 Å². The van der Waals surface area contributed by atoms with Gasteiger partial charge >= 0.3 is 0 Å². The summed E-state index contributed by atoms with van der Waals surface area (Å²) in [7, 11) is 3.63. The first-order valence-corrected chi connectivity index (χ1v) is 21.9. The zero-order valence-corrected chi connectivity index (χ0v) is 35.2. The van der Waals surface area contributed by atoms with Gasteiger partial charge in [0.25, 0.3) is 11.8 Å². The number of phenolic OH excluding ortho intramolecular Hbond substituents is 2. The fourth-order valence-corrected chi connectivity index (χ4v) is 8.12. The van der Waals surface area contributed by atoms with E-state index in [2.05, 4.69) is 9.80 Å². The highest BCUT2D eigenvalue weighted by Gasteiger charge is 2.25. The molecular formula is C44H68Cl2N4O5. The number of rotatable bonds is 24. The first kappa shape index (κ1) is 45.1. The van der Waals surface area contributed by atoms with Crippen LogP contribution in [0.5, 0.6) is 11.5 Å². The molecule has 0 spiro atoms. The Morgan fingerprint density at radius 2 is 0.909 bits per heavy atom. The SMILES string of the molecule is CN(CCCCCCCCCN1CCC(OC2CCN(CCCCCCCCCN(C)C(=O)c3ccc(Cl)c(O)c3)CC2)CC1)C(=O)c1ccc(Cl)c(O)c1. The van der Waals surface area contributed by atoms with Crippen molar-refractivity contribution in [3.05, 3.63) is 57.6 Å². The highest BCUT2D eigenvalue weighted by atomic mass is 35.5. The van der Waals surface area contributed by atoms with Crippen LogP contribution in [-0.2, 0) is 4.74 Å². The van der Waals surface area contributed by atoms with Gasteiger partial charge in [0.2, 0.25) is 0 Å². The van der Waals surface area contributed by atoms with Crippen LogP contribution in [0.1, 0.15) is 136 Å². The summed E-state index contributed by atoms with van der Waals surface area (Å²) in [6, 6.07) is 9.31. The van der Waals surface area contributed by atoms with Crippen LogP contribution in [0.4, 0.5) is 0 Å². The Kier molecular flexibility index (Phi) is 20.5. The van der Waals surface area contributed by atoms with Crippen LogP contribution >= 0.6 is 23.2 Å². The molecule has 0 atom stereocenters. The molecule has 11 heteroatoms. The van der Waals surface area contributed by atoms with E-state index in [-0.39, 0.29) is 33.4 Å². The summed E-state index contributed by atoms with van der Waals surface area (Å²) in [6.45, 7) is 8.51. The molecule has 2 heterocycles. The molecule has 2 saturated heterocycles. The van der Waals surface area contributed by atoms with Crippen LogP contribution in [0, 0.1) is 0 Å². The third kappa shape index (κ3) is 16.4. The number of likely N-dealkylation sites (tertiary alicyclic amines) is 2. The van der Waals surface area contributed by atoms with E-state index in [1.807, 2.05) is 14.1 Å². The number of amides is 2. The Hall–Kier alpha value is -2.56. The summed E-state index contributed by atoms with van der Waals surface area (Å²) in [6.07, 6.45) is 22.4. The normalized spacial score (nSPS) is 16.1. The summed E-state index contributed by atoms with van der Waals surface area (Å²) >= 11 is 11.7. The van der Waals surface area contributed by atoms with E-state index in [0.717, 1.165) is 38.8 Å². The molecule has 0 radical (unpaired) electrons. The molecule has 2 aliphatic heterocycles. The number of ether oxygens (including phenoxy) is 1. The zero-order chi connectivity index (χ0) is 39.4. The predicted molar refractivity (Wildman–Crippen MR) is 225 cm³/mol. The van der Waals surface area contributed by atoms with Gasteiger partial charge in [0.1, 0.15) is 11.5 Å². The molecule has 308 valence electrons. The van der Waals surface area contributed by atoms with Gasteiger partial charge in [0.15, 0.2) is 0 Å². The Morgan fingerprint density at radius 3 is 1.25 bits per heavy atom. The van der Waals surface area contributed by atoms with Crippen LogP contribution in [0.3, 0.4) is 0 Å². The summed E-state index contributed by atoms with van der Waals surface area (Å²) in [4.78, 5) is 33.8. The maximum atomic E-state index is 12.6. The van der Waals surface area contributed by atoms with Gasteiger partial charge in [-0.2, -0.15) is 0 Å². The van der Waals surface area contributed by atoms with E-state index < -0.39 is 0 Å². The molecule has 2 amide bonds. The molecule has 2 aromatic carbocycles. The lowest BCUT2D eigenvalue weighted by molar-refractivity contribution is -0.0650. The van der Waals surface area contributed by atoms with Crippen molar-refractivity contribution in [2.75, 3.05) is 66.5 Å². The van der Waals surface area contributed by atoms with Gasteiger partial charge in [0, 0.05) is 64.5 Å². The minimum Gasteiger partial charge on any atom is -0.506 e. The molecule has 0 saturated carbocycles. The van der Waals surface area contributed by atoms with Crippen molar-refractivity contribution in [2.45, 2.75) is 128 Å². The maximum absolute atomic E-state index is 12.6. The fourth-order valence-electron chi connectivity index (χ4n) is 7.88. The number of piperidine rings is 2. The van der Waals surface area contributed by atoms with Gasteiger partial charge < -0.3 is 34.5 Å². The topological polar surface area (TPSA) is 96.8 Å². The standard InChI is InChI=1S/C44H68Cl2N4O5/c1-47(43(53)35-17-19-39(45)41(51)33-35)25-13-9-5-3-7-11-15-27-49-29-21-37(22-30-49)55-38-23-31-50(32-24-38)28-16-12-8-4-6-10-14-26-48(2)44(54)36-18-20-40(46)42(52)34-36/h17-20,33-34,37-38,51-52H,3-16,21-32H2,1-2H3. The van der Waals surface area contributed by atoms with Crippen molar-refractivity contribution < 1.29 is 24.5 Å². The molecule has 2 aliphatic rings. The third-order valence-electron chi connectivity index (χ3n) is 11.5. The van der Waals surface area contributed by atoms with Gasteiger partial charge in [-0.3, -0.25) is 9.59 Å². The summed E-state index contributed by atoms with van der Waals surface area (Å²) in [5.74, 6) is -0.280. The van der Waals surface area contributed by atoms with Gasteiger partial charge in [-0.1, -0.05) is 87.4 Å². The second-order valence-corrected chi connectivity index (χ2v) is 16.8. The number of hydrogen-bond donors (Lipinski definition) is 2. The fraction of sp³-hybridized carbons (Fsp3) is 0.682. The van der Waals surface area contributed by atoms with E-state index in [1.165, 1.54) is 141 Å². The summed E-state index contributed by atoms with van der Waals surface area (Å²) in [5.41, 5.74) is 0.934. The Morgan fingerprint density at radius 1 is 0.582 bits per heavy atom. The van der Waals surface area contributed by atoms with Crippen LogP contribution in [-0.4, -0.2) is 120 Å². The Bertz CT molecular complexity index is 1330. The minimum absolute atomic E-state index is 0.0564. The number of phenols is 2. The van der Waals surface area contributed by atoms with Crippen LogP contribution < -0.4 is 0 Å². The minimum atomic E-state index is -0.0837. The molecular weight excluding hydrogens is 735 g/mol. The number of benzene rings is 2. The van der Waals surface area contributed by atoms with Crippen molar-refractivity contribution >= 4 is 35.0 Å². The van der Waals surface area contributed by atoms with Crippen molar-refractivity contribution in [2.24, 2.45) is 0 Å². The lowest BCUT2D eigenvalue weighted by Crippen LogP contribution is -2.42. The molecule has 0 bridgehead atoms. The first-order chi connectivity index (χ1) is 26.6. The number of unbranched alkanes of at least 4 members (excludes halogenated alkanes) is 12. The van der Waals surface area contributed by atoms with E-state index >= 15 is 0 Å². The molecule has 0 aromatic heterocycles. The van der Waals surface area contributed by atoms with Crippen LogP contribution in [0.15, 0.2) is 36.4 Å². The van der Waals surface area contributed by atoms with Gasteiger partial charge in [-0.15, -0.1) is 0 Å². The largest absolute Gasteiger partial charge is 0.506 e. The predicted octanol–water partition coefficient (Wildman–Crippen LogP) is 9.66. The lowest BCUT2D eigenvalue weighted by atomic mass is 10.0.